The summed E-state index contributed by atoms with van der Waals surface area (Å²) in [7, 11) is 0. The molecule has 0 atom stereocenters. The van der Waals surface area contributed by atoms with Gasteiger partial charge >= 0.3 is 11.8 Å². The number of anilines is 2. The number of carbonyl (C=O) groups excluding carboxylic acids is 2. The number of rotatable bonds is 2. The molecule has 2 aromatic rings. The summed E-state index contributed by atoms with van der Waals surface area (Å²) in [5, 5.41) is 16.9. The van der Waals surface area contributed by atoms with Crippen LogP contribution < -0.4 is 10.6 Å². The van der Waals surface area contributed by atoms with Gasteiger partial charge in [0.25, 0.3) is 0 Å². The minimum Gasteiger partial charge on any atom is -0.360 e. The molecular weight excluding hydrogens is 260 g/mol. The van der Waals surface area contributed by atoms with Crippen LogP contribution in [0.25, 0.3) is 0 Å². The fourth-order valence-corrected chi connectivity index (χ4v) is 1.41. The van der Waals surface area contributed by atoms with Gasteiger partial charge in [0.1, 0.15) is 5.76 Å². The molecule has 0 bridgehead atoms. The Bertz CT molecular complexity index is 682. The van der Waals surface area contributed by atoms with Crippen LogP contribution in [-0.2, 0) is 9.59 Å². The zero-order chi connectivity index (χ0) is 14.5. The number of nitrogens with one attached hydrogen (secondary N) is 2. The molecule has 0 saturated heterocycles. The van der Waals surface area contributed by atoms with Crippen LogP contribution in [0.3, 0.4) is 0 Å². The minimum absolute atomic E-state index is 0.169. The van der Waals surface area contributed by atoms with Crippen molar-refractivity contribution in [2.75, 3.05) is 10.6 Å². The van der Waals surface area contributed by atoms with Crippen molar-refractivity contribution >= 4 is 23.3 Å². The molecule has 1 aromatic heterocycles. The number of hydrogen-bond acceptors (Lipinski definition) is 5. The van der Waals surface area contributed by atoms with Crippen LogP contribution in [0.1, 0.15) is 11.3 Å². The van der Waals surface area contributed by atoms with Crippen molar-refractivity contribution in [3.05, 3.63) is 41.7 Å². The van der Waals surface area contributed by atoms with Gasteiger partial charge in [-0.15, -0.1) is 0 Å². The third-order valence-electron chi connectivity index (χ3n) is 2.35. The molecule has 0 aliphatic carbocycles. The van der Waals surface area contributed by atoms with Gasteiger partial charge in [0, 0.05) is 11.8 Å². The smallest absolute Gasteiger partial charge is 0.315 e. The van der Waals surface area contributed by atoms with E-state index in [-0.39, 0.29) is 5.82 Å². The first-order valence-electron chi connectivity index (χ1n) is 5.64. The molecule has 2 N–H and O–H groups in total. The van der Waals surface area contributed by atoms with Gasteiger partial charge < -0.3 is 9.84 Å². The number of carbonyl (C=O) groups is 2. The van der Waals surface area contributed by atoms with E-state index in [2.05, 4.69) is 15.8 Å². The second-order valence-electron chi connectivity index (χ2n) is 3.92. The molecule has 20 heavy (non-hydrogen) atoms. The van der Waals surface area contributed by atoms with E-state index in [1.54, 1.807) is 6.92 Å². The van der Waals surface area contributed by atoms with E-state index in [4.69, 9.17) is 9.78 Å². The molecule has 0 fully saturated rings. The van der Waals surface area contributed by atoms with E-state index in [9.17, 15) is 9.59 Å². The first kappa shape index (κ1) is 13.3. The molecule has 0 aliphatic rings. The summed E-state index contributed by atoms with van der Waals surface area (Å²) in [5.41, 5.74) is 0.881. The van der Waals surface area contributed by atoms with Gasteiger partial charge in [-0.2, -0.15) is 5.26 Å². The summed E-state index contributed by atoms with van der Waals surface area (Å²) in [5.74, 6) is -1.01. The van der Waals surface area contributed by atoms with Crippen molar-refractivity contribution in [2.45, 2.75) is 6.92 Å². The third kappa shape index (κ3) is 3.20. The van der Waals surface area contributed by atoms with E-state index in [1.165, 1.54) is 30.3 Å². The number of hydrogen-bond donors (Lipinski definition) is 2. The van der Waals surface area contributed by atoms with Crippen LogP contribution in [0.5, 0.6) is 0 Å². The van der Waals surface area contributed by atoms with Crippen molar-refractivity contribution in [3.63, 3.8) is 0 Å². The van der Waals surface area contributed by atoms with Crippen molar-refractivity contribution in [3.8, 4) is 6.07 Å². The Morgan fingerprint density at radius 2 is 1.85 bits per heavy atom. The molecule has 1 heterocycles. The highest BCUT2D eigenvalue weighted by atomic mass is 16.5. The summed E-state index contributed by atoms with van der Waals surface area (Å²) in [6.07, 6.45) is 0. The van der Waals surface area contributed by atoms with Crippen LogP contribution in [-0.4, -0.2) is 17.0 Å². The first-order chi connectivity index (χ1) is 9.58. The zero-order valence-corrected chi connectivity index (χ0v) is 10.5. The Labute approximate surface area is 114 Å². The summed E-state index contributed by atoms with van der Waals surface area (Å²) in [4.78, 5) is 23.2. The van der Waals surface area contributed by atoms with Gasteiger partial charge in [-0.3, -0.25) is 14.9 Å². The number of nitriles is 1. The zero-order valence-electron chi connectivity index (χ0n) is 10.5. The lowest BCUT2D eigenvalue weighted by Gasteiger charge is -2.04. The average molecular weight is 270 g/mol. The van der Waals surface area contributed by atoms with Gasteiger partial charge in [-0.25, -0.2) is 0 Å². The fraction of sp³-hybridized carbons (Fsp3) is 0.0769. The average Bonchev–Trinajstić information content (AvgIpc) is 2.85. The van der Waals surface area contributed by atoms with Crippen LogP contribution >= 0.6 is 0 Å². The Morgan fingerprint density at radius 1 is 1.20 bits per heavy atom. The number of benzene rings is 1. The monoisotopic (exact) mass is 270 g/mol. The van der Waals surface area contributed by atoms with E-state index >= 15 is 0 Å². The molecule has 7 heteroatoms. The van der Waals surface area contributed by atoms with Crippen LogP contribution in [0.15, 0.2) is 34.9 Å². The normalized spacial score (nSPS) is 9.60. The second kappa shape index (κ2) is 5.67. The van der Waals surface area contributed by atoms with E-state index in [1.807, 2.05) is 6.07 Å². The number of aromatic nitrogens is 1. The van der Waals surface area contributed by atoms with Crippen molar-refractivity contribution in [2.24, 2.45) is 0 Å². The lowest BCUT2D eigenvalue weighted by atomic mass is 10.2. The quantitative estimate of drug-likeness (QED) is 0.802. The molecule has 1 aromatic carbocycles. The van der Waals surface area contributed by atoms with Crippen molar-refractivity contribution < 1.29 is 14.1 Å². The van der Waals surface area contributed by atoms with Crippen LogP contribution in [0.4, 0.5) is 11.5 Å². The fourth-order valence-electron chi connectivity index (χ4n) is 1.41. The SMILES string of the molecule is Cc1cc(NC(=O)C(=O)Nc2ccc(C#N)cc2)no1. The minimum atomic E-state index is -0.859. The predicted molar refractivity (Wildman–Crippen MR) is 69.7 cm³/mol. The maximum atomic E-state index is 11.6. The topological polar surface area (TPSA) is 108 Å². The van der Waals surface area contributed by atoms with Crippen molar-refractivity contribution in [1.82, 2.24) is 5.16 Å². The van der Waals surface area contributed by atoms with Gasteiger partial charge in [-0.1, -0.05) is 5.16 Å². The second-order valence-corrected chi connectivity index (χ2v) is 3.92. The summed E-state index contributed by atoms with van der Waals surface area (Å²) >= 11 is 0. The number of amides is 2. The van der Waals surface area contributed by atoms with Gasteiger partial charge in [0.2, 0.25) is 0 Å². The Balaban J connectivity index is 1.97. The number of aryl methyl sites for hydroxylation is 1. The van der Waals surface area contributed by atoms with Gasteiger partial charge in [-0.05, 0) is 31.2 Å². The highest BCUT2D eigenvalue weighted by Gasteiger charge is 2.15. The Hall–Kier alpha value is -3.14. The summed E-state index contributed by atoms with van der Waals surface area (Å²) in [6, 6.07) is 9.58. The summed E-state index contributed by atoms with van der Waals surface area (Å²) < 4.78 is 4.76. The maximum Gasteiger partial charge on any atom is 0.315 e. The first-order valence-corrected chi connectivity index (χ1v) is 5.64. The molecule has 0 unspecified atom stereocenters. The Kier molecular flexibility index (Phi) is 3.77. The molecule has 2 amide bonds. The van der Waals surface area contributed by atoms with E-state index in [0.29, 0.717) is 17.0 Å². The molecule has 2 rings (SSSR count). The summed E-state index contributed by atoms with van der Waals surface area (Å²) in [6.45, 7) is 1.67. The van der Waals surface area contributed by atoms with Gasteiger partial charge in [0.05, 0.1) is 11.6 Å². The predicted octanol–water partition coefficient (Wildman–Crippen LogP) is 1.43. The Morgan fingerprint density at radius 3 is 2.40 bits per heavy atom. The standard InChI is InChI=1S/C13H10N4O3/c1-8-6-11(17-20-8)16-13(19)12(18)15-10-4-2-9(7-14)3-5-10/h2-6H,1H3,(H,15,18)(H,16,17,19). The van der Waals surface area contributed by atoms with Crippen LogP contribution in [0.2, 0.25) is 0 Å². The highest BCUT2D eigenvalue weighted by Crippen LogP contribution is 2.10. The number of nitrogens with zero attached hydrogens (tertiary/aromatic N) is 2. The van der Waals surface area contributed by atoms with E-state index in [0.717, 1.165) is 0 Å². The largest absolute Gasteiger partial charge is 0.360 e. The molecule has 0 saturated carbocycles. The van der Waals surface area contributed by atoms with Crippen molar-refractivity contribution in [1.29, 1.82) is 5.26 Å². The molecule has 0 spiro atoms. The van der Waals surface area contributed by atoms with Crippen LogP contribution in [0, 0.1) is 18.3 Å². The molecule has 100 valence electrons. The highest BCUT2D eigenvalue weighted by molar-refractivity contribution is 6.43. The van der Waals surface area contributed by atoms with Gasteiger partial charge in [0.15, 0.2) is 5.82 Å². The lowest BCUT2D eigenvalue weighted by molar-refractivity contribution is -0.133. The third-order valence-corrected chi connectivity index (χ3v) is 2.35. The lowest BCUT2D eigenvalue weighted by Crippen LogP contribution is -2.29. The maximum absolute atomic E-state index is 11.6. The van der Waals surface area contributed by atoms with E-state index < -0.39 is 11.8 Å². The molecule has 0 aliphatic heterocycles. The molecular formula is C13H10N4O3. The molecule has 7 nitrogen and oxygen atoms in total. The molecule has 0 radical (unpaired) electrons.